The number of nitrogens with zero attached hydrogens (tertiary/aromatic N) is 4. The predicted molar refractivity (Wildman–Crippen MR) is 122 cm³/mol. The molecule has 1 aromatic carbocycles. The van der Waals surface area contributed by atoms with Gasteiger partial charge in [0.15, 0.2) is 11.0 Å². The molecule has 0 unspecified atom stereocenters. The van der Waals surface area contributed by atoms with Gasteiger partial charge >= 0.3 is 0 Å². The second-order valence-corrected chi connectivity index (χ2v) is 8.78. The topological polar surface area (TPSA) is 97.7 Å². The molecule has 0 saturated carbocycles. The van der Waals surface area contributed by atoms with Crippen molar-refractivity contribution in [3.63, 3.8) is 0 Å². The molecule has 31 heavy (non-hydrogen) atoms. The van der Waals surface area contributed by atoms with Gasteiger partial charge in [-0.2, -0.15) is 5.10 Å². The largest absolute Gasteiger partial charge is 0.486 e. The number of thioether (sulfide) groups is 1. The third-order valence-electron chi connectivity index (χ3n) is 4.77. The Morgan fingerprint density at radius 2 is 1.97 bits per heavy atom. The van der Waals surface area contributed by atoms with Crippen LogP contribution in [0.5, 0.6) is 5.75 Å². The number of aromatic nitrogens is 5. The Labute approximate surface area is 187 Å². The average molecular weight is 443 g/mol. The molecular weight excluding hydrogens is 412 g/mol. The second-order valence-electron chi connectivity index (χ2n) is 7.84. The van der Waals surface area contributed by atoms with Gasteiger partial charge < -0.3 is 14.6 Å². The molecule has 0 bridgehead atoms. The van der Waals surface area contributed by atoms with Gasteiger partial charge in [0.05, 0.1) is 22.8 Å². The molecule has 0 saturated heterocycles. The number of amides is 1. The van der Waals surface area contributed by atoms with E-state index in [0.717, 1.165) is 41.6 Å². The number of benzene rings is 1. The Morgan fingerprint density at radius 1 is 1.23 bits per heavy atom. The number of hydrogen-bond donors (Lipinski definition) is 2. The van der Waals surface area contributed by atoms with Gasteiger partial charge in [0.25, 0.3) is 0 Å². The number of ether oxygens (including phenoxy) is 1. The van der Waals surface area contributed by atoms with Gasteiger partial charge in [0.1, 0.15) is 12.4 Å². The minimum absolute atomic E-state index is 0.106. The third-order valence-corrected chi connectivity index (χ3v) is 5.73. The molecule has 0 fully saturated rings. The van der Waals surface area contributed by atoms with E-state index in [9.17, 15) is 4.79 Å². The van der Waals surface area contributed by atoms with Crippen LogP contribution in [0.15, 0.2) is 29.4 Å². The van der Waals surface area contributed by atoms with Gasteiger partial charge in [-0.15, -0.1) is 10.2 Å². The molecule has 8 nitrogen and oxygen atoms in total. The smallest absolute Gasteiger partial charge is 0.234 e. The van der Waals surface area contributed by atoms with Crippen molar-refractivity contribution in [2.24, 2.45) is 5.92 Å². The van der Waals surface area contributed by atoms with E-state index in [1.807, 2.05) is 30.5 Å². The zero-order valence-electron chi connectivity index (χ0n) is 18.7. The summed E-state index contributed by atoms with van der Waals surface area (Å²) in [6, 6.07) is 8.08. The quantitative estimate of drug-likeness (QED) is 0.458. The van der Waals surface area contributed by atoms with Crippen molar-refractivity contribution in [3.05, 3.63) is 47.0 Å². The van der Waals surface area contributed by atoms with Crippen LogP contribution in [-0.2, 0) is 24.4 Å². The number of aryl methyl sites for hydroxylation is 3. The van der Waals surface area contributed by atoms with Gasteiger partial charge in [0, 0.05) is 6.54 Å². The minimum atomic E-state index is -0.106. The summed E-state index contributed by atoms with van der Waals surface area (Å²) in [7, 11) is 0. The van der Waals surface area contributed by atoms with Crippen molar-refractivity contribution in [2.75, 3.05) is 11.1 Å². The zero-order valence-corrected chi connectivity index (χ0v) is 19.5. The average Bonchev–Trinajstić information content (AvgIpc) is 3.28. The maximum atomic E-state index is 12.4. The van der Waals surface area contributed by atoms with E-state index in [4.69, 9.17) is 4.74 Å². The number of rotatable bonds is 10. The van der Waals surface area contributed by atoms with Crippen LogP contribution in [-0.4, -0.2) is 36.6 Å². The summed E-state index contributed by atoms with van der Waals surface area (Å²) in [6.45, 7) is 11.2. The van der Waals surface area contributed by atoms with Gasteiger partial charge in [-0.1, -0.05) is 44.7 Å². The summed E-state index contributed by atoms with van der Waals surface area (Å²) < 4.78 is 7.97. The lowest BCUT2D eigenvalue weighted by Crippen LogP contribution is -2.16. The highest BCUT2D eigenvalue weighted by Crippen LogP contribution is 2.22. The lowest BCUT2D eigenvalue weighted by molar-refractivity contribution is -0.113. The van der Waals surface area contributed by atoms with Gasteiger partial charge in [-0.3, -0.25) is 9.89 Å². The fraction of sp³-hybridized carbons (Fsp3) is 0.455. The van der Waals surface area contributed by atoms with E-state index in [1.165, 1.54) is 17.3 Å². The maximum Gasteiger partial charge on any atom is 0.234 e. The van der Waals surface area contributed by atoms with Crippen LogP contribution in [0.1, 0.15) is 43.5 Å². The Kier molecular flexibility index (Phi) is 7.73. The first kappa shape index (κ1) is 22.9. The van der Waals surface area contributed by atoms with Crippen molar-refractivity contribution in [3.8, 4) is 5.75 Å². The van der Waals surface area contributed by atoms with Gasteiger partial charge in [0.2, 0.25) is 5.91 Å². The van der Waals surface area contributed by atoms with E-state index < -0.39 is 0 Å². The summed E-state index contributed by atoms with van der Waals surface area (Å²) in [5.41, 5.74) is 3.61. The Bertz CT molecular complexity index is 990. The standard InChI is InChI=1S/C22H30N6O2S/c1-6-17-7-9-18(10-8-17)30-12-19-26-27-22(28(19)11-14(2)3)31-13-20(29)23-21-15(4)24-25-16(21)5/h7-10,14H,6,11-13H2,1-5H3,(H,23,29)(H,24,25). The predicted octanol–water partition coefficient (Wildman–Crippen LogP) is 4.15. The number of carbonyl (C=O) groups excluding carboxylic acids is 1. The first-order valence-corrected chi connectivity index (χ1v) is 11.4. The molecule has 2 N–H and O–H groups in total. The number of nitrogens with one attached hydrogen (secondary N) is 2. The van der Waals surface area contributed by atoms with Gasteiger partial charge in [-0.05, 0) is 43.9 Å². The first-order valence-electron chi connectivity index (χ1n) is 10.4. The van der Waals surface area contributed by atoms with Crippen LogP contribution in [0.2, 0.25) is 0 Å². The van der Waals surface area contributed by atoms with Crippen LogP contribution in [0.3, 0.4) is 0 Å². The number of hydrogen-bond acceptors (Lipinski definition) is 6. The molecule has 9 heteroatoms. The first-order chi connectivity index (χ1) is 14.9. The van der Waals surface area contributed by atoms with E-state index >= 15 is 0 Å². The summed E-state index contributed by atoms with van der Waals surface area (Å²) >= 11 is 1.37. The van der Waals surface area contributed by atoms with E-state index in [-0.39, 0.29) is 11.7 Å². The molecule has 166 valence electrons. The lowest BCUT2D eigenvalue weighted by Gasteiger charge is -2.13. The van der Waals surface area contributed by atoms with E-state index in [0.29, 0.717) is 17.7 Å². The molecule has 2 aromatic heterocycles. The molecule has 2 heterocycles. The highest BCUT2D eigenvalue weighted by Gasteiger charge is 2.17. The van der Waals surface area contributed by atoms with Crippen molar-refractivity contribution in [1.29, 1.82) is 0 Å². The van der Waals surface area contributed by atoms with Crippen molar-refractivity contribution >= 4 is 23.4 Å². The summed E-state index contributed by atoms with van der Waals surface area (Å²) in [5.74, 6) is 2.08. The molecule has 0 aliphatic rings. The van der Waals surface area contributed by atoms with Crippen molar-refractivity contribution in [1.82, 2.24) is 25.0 Å². The monoisotopic (exact) mass is 442 g/mol. The summed E-state index contributed by atoms with van der Waals surface area (Å²) in [6.07, 6.45) is 0.997. The number of H-pyrrole nitrogens is 1. The summed E-state index contributed by atoms with van der Waals surface area (Å²) in [4.78, 5) is 12.4. The SMILES string of the molecule is CCc1ccc(OCc2nnc(SCC(=O)Nc3c(C)n[nH]c3C)n2CC(C)C)cc1. The number of aromatic amines is 1. The molecule has 0 atom stereocenters. The molecule has 0 spiro atoms. The maximum absolute atomic E-state index is 12.4. The molecule has 3 aromatic rings. The third kappa shape index (κ3) is 6.10. The molecule has 0 radical (unpaired) electrons. The molecule has 3 rings (SSSR count). The highest BCUT2D eigenvalue weighted by atomic mass is 32.2. The normalized spacial score (nSPS) is 11.2. The van der Waals surface area contributed by atoms with Crippen LogP contribution in [0.25, 0.3) is 0 Å². The van der Waals surface area contributed by atoms with Crippen LogP contribution in [0, 0.1) is 19.8 Å². The van der Waals surface area contributed by atoms with E-state index in [2.05, 4.69) is 58.6 Å². The molecular formula is C22H30N6O2S. The summed E-state index contributed by atoms with van der Waals surface area (Å²) in [5, 5.41) is 19.2. The Balaban J connectivity index is 1.64. The highest BCUT2D eigenvalue weighted by molar-refractivity contribution is 7.99. The Morgan fingerprint density at radius 3 is 2.58 bits per heavy atom. The van der Waals surface area contributed by atoms with Crippen LogP contribution >= 0.6 is 11.8 Å². The van der Waals surface area contributed by atoms with Crippen LogP contribution < -0.4 is 10.1 Å². The Hall–Kier alpha value is -2.81. The fourth-order valence-electron chi connectivity index (χ4n) is 3.09. The van der Waals surface area contributed by atoms with Crippen LogP contribution in [0.4, 0.5) is 5.69 Å². The van der Waals surface area contributed by atoms with Crippen molar-refractivity contribution in [2.45, 2.75) is 59.3 Å². The lowest BCUT2D eigenvalue weighted by atomic mass is 10.2. The van der Waals surface area contributed by atoms with Gasteiger partial charge in [-0.25, -0.2) is 0 Å². The molecule has 1 amide bonds. The van der Waals surface area contributed by atoms with E-state index in [1.54, 1.807) is 0 Å². The zero-order chi connectivity index (χ0) is 22.4. The molecule has 0 aliphatic carbocycles. The molecule has 0 aliphatic heterocycles. The number of carbonyl (C=O) groups is 1. The fourth-order valence-corrected chi connectivity index (χ4v) is 3.86. The second kappa shape index (κ2) is 10.5. The number of anilines is 1. The van der Waals surface area contributed by atoms with Crippen molar-refractivity contribution < 1.29 is 9.53 Å². The minimum Gasteiger partial charge on any atom is -0.486 e.